The Morgan fingerprint density at radius 3 is 2.82 bits per heavy atom. The number of phenols is 1. The van der Waals surface area contributed by atoms with Crippen LogP contribution in [0.2, 0.25) is 0 Å². The summed E-state index contributed by atoms with van der Waals surface area (Å²) in [7, 11) is 0. The molecule has 0 bridgehead atoms. The van der Waals surface area contributed by atoms with Crippen molar-refractivity contribution in [1.82, 2.24) is 0 Å². The summed E-state index contributed by atoms with van der Waals surface area (Å²) < 4.78 is 5.80. The summed E-state index contributed by atoms with van der Waals surface area (Å²) >= 11 is 0. The van der Waals surface area contributed by atoms with Crippen molar-refractivity contribution in [3.63, 3.8) is 0 Å². The van der Waals surface area contributed by atoms with Crippen LogP contribution >= 0.6 is 0 Å². The molecule has 0 amide bonds. The number of rotatable bonds is 5. The number of benzene rings is 1. The number of ether oxygens (including phenoxy) is 1. The minimum atomic E-state index is -0.194. The summed E-state index contributed by atoms with van der Waals surface area (Å²) in [6, 6.07) is 3.49. The molecule has 0 spiro atoms. The Labute approximate surface area is 168 Å². The molecule has 0 saturated heterocycles. The molecule has 28 heavy (non-hydrogen) atoms. The van der Waals surface area contributed by atoms with Gasteiger partial charge in [-0.05, 0) is 79.7 Å². The highest BCUT2D eigenvalue weighted by Gasteiger charge is 2.54. The molecule has 1 aromatic carbocycles. The zero-order valence-electron chi connectivity index (χ0n) is 17.2. The predicted molar refractivity (Wildman–Crippen MR) is 109 cm³/mol. The number of unbranched alkanes of at least 4 members (excludes halogenated alkanes) is 2. The second-order valence-corrected chi connectivity index (χ2v) is 9.50. The SMILES string of the molecule is CCCCCC(=O)Oc1cc(O)cc2c1[C@H]1CC[C@]3(C)[C@H](O)CC[C@H]3[C@@H]1CC2. The van der Waals surface area contributed by atoms with E-state index in [0.717, 1.165) is 68.9 Å². The summed E-state index contributed by atoms with van der Waals surface area (Å²) in [5, 5.41) is 20.8. The van der Waals surface area contributed by atoms with E-state index >= 15 is 0 Å². The molecule has 154 valence electrons. The Morgan fingerprint density at radius 2 is 2.04 bits per heavy atom. The second kappa shape index (κ2) is 7.70. The van der Waals surface area contributed by atoms with Gasteiger partial charge in [0.05, 0.1) is 6.10 Å². The number of aryl methyl sites for hydroxylation is 1. The fourth-order valence-corrected chi connectivity index (χ4v) is 6.42. The van der Waals surface area contributed by atoms with Crippen LogP contribution in [0.5, 0.6) is 11.5 Å². The molecule has 4 heteroatoms. The molecule has 0 unspecified atom stereocenters. The first-order valence-electron chi connectivity index (χ1n) is 11.2. The summed E-state index contributed by atoms with van der Waals surface area (Å²) in [4.78, 5) is 12.4. The molecule has 4 nitrogen and oxygen atoms in total. The fraction of sp³-hybridized carbons (Fsp3) is 0.708. The molecule has 1 aromatic rings. The molecule has 0 aliphatic heterocycles. The van der Waals surface area contributed by atoms with Gasteiger partial charge in [-0.1, -0.05) is 26.7 Å². The lowest BCUT2D eigenvalue weighted by Crippen LogP contribution is -2.44. The number of carbonyl (C=O) groups excluding carboxylic acids is 1. The Kier molecular flexibility index (Phi) is 5.43. The smallest absolute Gasteiger partial charge is 0.311 e. The Hall–Kier alpha value is -1.55. The maximum Gasteiger partial charge on any atom is 0.311 e. The van der Waals surface area contributed by atoms with Crippen LogP contribution in [0.15, 0.2) is 12.1 Å². The number of phenolic OH excluding ortho intramolecular Hbond substituents is 1. The highest BCUT2D eigenvalue weighted by molar-refractivity contribution is 5.73. The van der Waals surface area contributed by atoms with Crippen LogP contribution in [0.4, 0.5) is 0 Å². The van der Waals surface area contributed by atoms with Gasteiger partial charge in [0.25, 0.3) is 0 Å². The average molecular weight is 387 g/mol. The first kappa shape index (κ1) is 19.8. The van der Waals surface area contributed by atoms with Crippen LogP contribution < -0.4 is 4.74 Å². The highest BCUT2D eigenvalue weighted by Crippen LogP contribution is 2.62. The van der Waals surface area contributed by atoms with Crippen LogP contribution in [0.1, 0.15) is 88.7 Å². The van der Waals surface area contributed by atoms with Crippen molar-refractivity contribution in [2.45, 2.75) is 90.1 Å². The minimum Gasteiger partial charge on any atom is -0.508 e. The minimum absolute atomic E-state index is 0.0343. The van der Waals surface area contributed by atoms with Gasteiger partial charge in [0, 0.05) is 18.1 Å². The molecule has 5 atom stereocenters. The normalized spacial score (nSPS) is 33.7. The van der Waals surface area contributed by atoms with Gasteiger partial charge in [-0.3, -0.25) is 4.79 Å². The Balaban J connectivity index is 1.61. The van der Waals surface area contributed by atoms with Gasteiger partial charge in [0.2, 0.25) is 0 Å². The lowest BCUT2D eigenvalue weighted by atomic mass is 9.55. The van der Waals surface area contributed by atoms with Crippen molar-refractivity contribution >= 4 is 5.97 Å². The highest BCUT2D eigenvalue weighted by atomic mass is 16.5. The number of esters is 1. The van der Waals surface area contributed by atoms with E-state index in [9.17, 15) is 15.0 Å². The molecule has 2 N–H and O–H groups in total. The van der Waals surface area contributed by atoms with Crippen LogP contribution in [0.25, 0.3) is 0 Å². The number of fused-ring (bicyclic) bond motifs is 5. The van der Waals surface area contributed by atoms with Gasteiger partial charge in [-0.25, -0.2) is 0 Å². The van der Waals surface area contributed by atoms with E-state index in [4.69, 9.17) is 4.74 Å². The third-order valence-corrected chi connectivity index (χ3v) is 7.93. The molecule has 3 aliphatic carbocycles. The van der Waals surface area contributed by atoms with Gasteiger partial charge >= 0.3 is 5.97 Å². The van der Waals surface area contributed by atoms with Crippen LogP contribution in [0, 0.1) is 17.3 Å². The average Bonchev–Trinajstić information content (AvgIpc) is 2.96. The quantitative estimate of drug-likeness (QED) is 0.420. The van der Waals surface area contributed by atoms with Crippen molar-refractivity contribution in [3.05, 3.63) is 23.3 Å². The summed E-state index contributed by atoms with van der Waals surface area (Å²) in [6.45, 7) is 4.39. The lowest BCUT2D eigenvalue weighted by Gasteiger charge is -2.50. The third-order valence-electron chi connectivity index (χ3n) is 7.93. The number of aliphatic hydroxyl groups excluding tert-OH is 1. The van der Waals surface area contributed by atoms with E-state index in [2.05, 4.69) is 13.8 Å². The van der Waals surface area contributed by atoms with Crippen molar-refractivity contribution in [2.75, 3.05) is 0 Å². The van der Waals surface area contributed by atoms with Gasteiger partial charge < -0.3 is 14.9 Å². The van der Waals surface area contributed by atoms with Gasteiger partial charge in [-0.2, -0.15) is 0 Å². The molecule has 0 heterocycles. The number of carbonyl (C=O) groups is 1. The van der Waals surface area contributed by atoms with E-state index in [-0.39, 0.29) is 23.2 Å². The van der Waals surface area contributed by atoms with Crippen LogP contribution in [-0.2, 0) is 11.2 Å². The number of aliphatic hydroxyl groups is 1. The molecule has 2 fully saturated rings. The van der Waals surface area contributed by atoms with Crippen molar-refractivity contribution < 1.29 is 19.7 Å². The van der Waals surface area contributed by atoms with E-state index in [1.54, 1.807) is 6.07 Å². The van der Waals surface area contributed by atoms with Gasteiger partial charge in [0.15, 0.2) is 0 Å². The first-order chi connectivity index (χ1) is 13.4. The second-order valence-electron chi connectivity index (χ2n) is 9.50. The monoisotopic (exact) mass is 386 g/mol. The number of hydrogen-bond donors (Lipinski definition) is 2. The summed E-state index contributed by atoms with van der Waals surface area (Å²) in [5.41, 5.74) is 2.33. The Morgan fingerprint density at radius 1 is 1.21 bits per heavy atom. The first-order valence-corrected chi connectivity index (χ1v) is 11.2. The van der Waals surface area contributed by atoms with E-state index in [0.29, 0.717) is 29.9 Å². The number of hydrogen-bond acceptors (Lipinski definition) is 4. The molecular formula is C24H34O4. The van der Waals surface area contributed by atoms with Crippen molar-refractivity contribution in [3.8, 4) is 11.5 Å². The Bertz CT molecular complexity index is 742. The predicted octanol–water partition coefficient (Wildman–Crippen LogP) is 5.09. The topological polar surface area (TPSA) is 66.8 Å². The van der Waals surface area contributed by atoms with Crippen molar-refractivity contribution in [2.24, 2.45) is 17.3 Å². The molecular weight excluding hydrogens is 352 g/mol. The molecule has 4 rings (SSSR count). The molecule has 3 aliphatic rings. The van der Waals surface area contributed by atoms with E-state index in [1.165, 1.54) is 0 Å². The van der Waals surface area contributed by atoms with Gasteiger partial charge in [0.1, 0.15) is 11.5 Å². The summed E-state index contributed by atoms with van der Waals surface area (Å²) in [6.07, 6.45) is 9.24. The molecule has 2 saturated carbocycles. The van der Waals surface area contributed by atoms with Crippen molar-refractivity contribution in [1.29, 1.82) is 0 Å². The molecule has 0 radical (unpaired) electrons. The third kappa shape index (κ3) is 3.34. The lowest BCUT2D eigenvalue weighted by molar-refractivity contribution is -0.134. The van der Waals surface area contributed by atoms with Crippen LogP contribution in [-0.4, -0.2) is 22.3 Å². The molecule has 0 aromatic heterocycles. The van der Waals surface area contributed by atoms with E-state index < -0.39 is 0 Å². The largest absolute Gasteiger partial charge is 0.508 e. The maximum absolute atomic E-state index is 12.4. The maximum atomic E-state index is 12.4. The van der Waals surface area contributed by atoms with E-state index in [1.807, 2.05) is 6.07 Å². The standard InChI is InChI=1S/C24H34O4/c1-3-4-5-6-22(27)28-20-14-16(25)13-15-7-8-17-18(23(15)20)11-12-24(2)19(17)9-10-21(24)26/h13-14,17-19,21,25-26H,3-12H2,1-2H3/t17-,18+,19+,21-,24+/m1/s1. The summed E-state index contributed by atoms with van der Waals surface area (Å²) in [5.74, 6) is 2.01. The zero-order valence-corrected chi connectivity index (χ0v) is 17.2. The van der Waals surface area contributed by atoms with Crippen LogP contribution in [0.3, 0.4) is 0 Å². The zero-order chi connectivity index (χ0) is 19.9. The fourth-order valence-electron chi connectivity index (χ4n) is 6.42. The van der Waals surface area contributed by atoms with Gasteiger partial charge in [-0.15, -0.1) is 0 Å². The number of aromatic hydroxyl groups is 1.